The van der Waals surface area contributed by atoms with Crippen LogP contribution < -0.4 is 5.32 Å². The van der Waals surface area contributed by atoms with Gasteiger partial charge in [0.15, 0.2) is 0 Å². The first-order valence-corrected chi connectivity index (χ1v) is 37.9. The number of carbonyl (C=O) groups is 1. The fraction of sp³-hybridized carbons (Fsp3) is 0.731. The third kappa shape index (κ3) is 70.2. The predicted molar refractivity (Wildman–Crippen MR) is 382 cm³/mol. The molecule has 3 N–H and O–H groups in total. The summed E-state index contributed by atoms with van der Waals surface area (Å²) in [6.45, 7) is 4.70. The molecule has 0 spiro atoms. The van der Waals surface area contributed by atoms with Crippen LogP contribution in [0.5, 0.6) is 0 Å². The van der Waals surface area contributed by atoms with Gasteiger partial charge in [-0.25, -0.2) is 4.57 Å². The lowest BCUT2D eigenvalue weighted by Crippen LogP contribution is -2.45. The van der Waals surface area contributed by atoms with E-state index in [9.17, 15) is 19.4 Å². The number of phosphoric acid groups is 1. The van der Waals surface area contributed by atoms with Gasteiger partial charge in [-0.15, -0.1) is 0 Å². The van der Waals surface area contributed by atoms with Gasteiger partial charge in [-0.05, 0) is 96.3 Å². The van der Waals surface area contributed by atoms with Gasteiger partial charge in [-0.2, -0.15) is 0 Å². The quantitative estimate of drug-likeness (QED) is 0.0243. The second kappa shape index (κ2) is 67.3. The van der Waals surface area contributed by atoms with Crippen LogP contribution in [0.4, 0.5) is 0 Å². The van der Waals surface area contributed by atoms with E-state index in [-0.39, 0.29) is 19.1 Å². The highest BCUT2D eigenvalue weighted by Crippen LogP contribution is 2.43. The minimum Gasteiger partial charge on any atom is -0.387 e. The van der Waals surface area contributed by atoms with E-state index in [1.807, 2.05) is 27.2 Å². The van der Waals surface area contributed by atoms with Crippen molar-refractivity contribution in [2.45, 2.75) is 328 Å². The number of amides is 1. The Hall–Kier alpha value is -3.10. The zero-order valence-corrected chi connectivity index (χ0v) is 58.4. The Kier molecular flexibility index (Phi) is 64.9. The van der Waals surface area contributed by atoms with Crippen LogP contribution in [0, 0.1) is 0 Å². The van der Waals surface area contributed by atoms with Gasteiger partial charge in [0.2, 0.25) is 5.91 Å². The number of quaternary nitrogens is 1. The summed E-state index contributed by atoms with van der Waals surface area (Å²) in [6, 6.07) is -0.879. The number of hydrogen-bond donors (Lipinski definition) is 3. The maximum absolute atomic E-state index is 13.1. The van der Waals surface area contributed by atoms with Crippen molar-refractivity contribution in [1.29, 1.82) is 0 Å². The van der Waals surface area contributed by atoms with Gasteiger partial charge < -0.3 is 19.8 Å². The molecule has 0 aromatic carbocycles. The first-order valence-electron chi connectivity index (χ1n) is 36.4. The molecule has 0 saturated carbocycles. The zero-order valence-electron chi connectivity index (χ0n) is 57.5. The van der Waals surface area contributed by atoms with Gasteiger partial charge in [-0.3, -0.25) is 13.8 Å². The Balaban J connectivity index is 4.15. The SMILES string of the molecule is CC/C=C\C/C=C\C/C=C\C/C=C\C/C=C\C/C=C\C/C=C\C/C=C\CCCCCCCCCCC(=O)NC(COP(=O)(O)OCC[N+](C)(C)C)C(O)/C=C/CC/C=C/CCCCCCCCCCCCCCCCCCCCCCCCCCCC. The smallest absolute Gasteiger partial charge is 0.387 e. The summed E-state index contributed by atoms with van der Waals surface area (Å²) < 4.78 is 23.8. The molecule has 0 saturated heterocycles. The monoisotopic (exact) mass is 1230 g/mol. The normalized spacial score (nSPS) is 14.3. The summed E-state index contributed by atoms with van der Waals surface area (Å²) in [7, 11) is 1.54. The van der Waals surface area contributed by atoms with Gasteiger partial charge in [0.05, 0.1) is 39.9 Å². The van der Waals surface area contributed by atoms with Crippen molar-refractivity contribution in [2.75, 3.05) is 40.9 Å². The lowest BCUT2D eigenvalue weighted by molar-refractivity contribution is -0.870. The molecule has 0 aliphatic carbocycles. The number of phosphoric ester groups is 1. The molecule has 0 aliphatic rings. The molecule has 0 aliphatic heterocycles. The van der Waals surface area contributed by atoms with Crippen LogP contribution in [0.3, 0.4) is 0 Å². The summed E-state index contributed by atoms with van der Waals surface area (Å²) in [6.07, 6.45) is 101. The molecule has 3 unspecified atom stereocenters. The van der Waals surface area contributed by atoms with Crippen molar-refractivity contribution in [3.8, 4) is 0 Å². The van der Waals surface area contributed by atoms with Crippen LogP contribution in [0.2, 0.25) is 0 Å². The number of nitrogens with one attached hydrogen (secondary N) is 1. The standard InChI is InChI=1S/C78H139N2O6P/c1-6-8-10-12-14-16-18-20-22-24-26-28-30-32-34-36-38-40-42-44-46-48-50-52-54-56-58-60-62-64-66-68-70-72-78(82)79-76(75-86-87(83,84)85-74-73-80(3,4)5)77(81)71-69-67-65-63-61-59-57-55-53-51-49-47-45-43-41-39-37-35-33-31-29-27-25-23-21-19-17-15-13-11-9-7-2/h8,10,14,16,20,22,26,28,32,34,38,40,44,46,50,52,61,63,69,71,76-77,81H,6-7,9,11-13,15,17-19,21,23-25,27,29-31,33,35-37,39,41-43,45,47-49,51,53-60,62,64-68,70,72-75H2,1-5H3,(H-,79,82,83,84)/p+1/b10-8-,16-14-,22-20-,28-26-,34-32-,40-38-,46-44-,52-50-,63-61+,71-69+. The number of aliphatic hydroxyl groups excluding tert-OH is 1. The largest absolute Gasteiger partial charge is 0.472 e. The molecule has 0 fully saturated rings. The molecule has 0 radical (unpaired) electrons. The van der Waals surface area contributed by atoms with E-state index in [4.69, 9.17) is 9.05 Å². The molecule has 3 atom stereocenters. The first kappa shape index (κ1) is 83.9. The van der Waals surface area contributed by atoms with E-state index in [2.05, 4.69) is 129 Å². The average Bonchev–Trinajstić information content (AvgIpc) is 3.71. The number of allylic oxidation sites excluding steroid dienone is 19. The summed E-state index contributed by atoms with van der Waals surface area (Å²) in [5, 5.41) is 14.0. The second-order valence-electron chi connectivity index (χ2n) is 25.6. The molecular weight excluding hydrogens is 1090 g/mol. The fourth-order valence-corrected chi connectivity index (χ4v) is 11.0. The molecule has 0 aromatic heterocycles. The van der Waals surface area contributed by atoms with Gasteiger partial charge in [0.25, 0.3) is 0 Å². The number of nitrogens with zero attached hydrogens (tertiary/aromatic N) is 1. The molecule has 87 heavy (non-hydrogen) atoms. The number of carbonyl (C=O) groups excluding carboxylic acids is 1. The van der Waals surface area contributed by atoms with Crippen LogP contribution in [0.25, 0.3) is 0 Å². The van der Waals surface area contributed by atoms with Crippen molar-refractivity contribution in [3.63, 3.8) is 0 Å². The van der Waals surface area contributed by atoms with E-state index in [1.165, 1.54) is 193 Å². The number of likely N-dealkylation sites (N-methyl/N-ethyl adjacent to an activating group) is 1. The molecule has 8 nitrogen and oxygen atoms in total. The zero-order chi connectivity index (χ0) is 63.4. The van der Waals surface area contributed by atoms with Crippen molar-refractivity contribution >= 4 is 13.7 Å². The maximum atomic E-state index is 13.1. The first-order chi connectivity index (χ1) is 42.5. The Morgan fingerprint density at radius 2 is 0.701 bits per heavy atom. The Morgan fingerprint density at radius 1 is 0.402 bits per heavy atom. The lowest BCUT2D eigenvalue weighted by Gasteiger charge is -2.25. The van der Waals surface area contributed by atoms with Crippen LogP contribution in [-0.4, -0.2) is 73.4 Å². The molecule has 0 aromatic rings. The number of rotatable bonds is 66. The van der Waals surface area contributed by atoms with Crippen LogP contribution in [0.1, 0.15) is 316 Å². The molecule has 9 heteroatoms. The highest BCUT2D eigenvalue weighted by molar-refractivity contribution is 7.47. The minimum absolute atomic E-state index is 0.0487. The highest BCUT2D eigenvalue weighted by Gasteiger charge is 2.28. The third-order valence-corrected chi connectivity index (χ3v) is 16.9. The van der Waals surface area contributed by atoms with Crippen LogP contribution >= 0.6 is 7.82 Å². The van der Waals surface area contributed by atoms with Crippen LogP contribution in [0.15, 0.2) is 122 Å². The van der Waals surface area contributed by atoms with Crippen molar-refractivity contribution in [3.05, 3.63) is 122 Å². The fourth-order valence-electron chi connectivity index (χ4n) is 10.3. The van der Waals surface area contributed by atoms with Gasteiger partial charge >= 0.3 is 7.82 Å². The van der Waals surface area contributed by atoms with Crippen molar-refractivity contribution in [1.82, 2.24) is 5.32 Å². The number of unbranched alkanes of at least 4 members (excludes halogenated alkanes) is 35. The molecule has 0 bridgehead atoms. The summed E-state index contributed by atoms with van der Waals surface area (Å²) in [5.74, 6) is -0.197. The maximum Gasteiger partial charge on any atom is 0.472 e. The number of aliphatic hydroxyl groups is 1. The average molecular weight is 1230 g/mol. The number of hydrogen-bond acceptors (Lipinski definition) is 5. The molecule has 0 heterocycles. The second-order valence-corrected chi connectivity index (χ2v) is 27.0. The lowest BCUT2D eigenvalue weighted by atomic mass is 10.0. The Labute approximate surface area is 539 Å². The van der Waals surface area contributed by atoms with Gasteiger partial charge in [-0.1, -0.05) is 334 Å². The summed E-state index contributed by atoms with van der Waals surface area (Å²) >= 11 is 0. The van der Waals surface area contributed by atoms with E-state index in [1.54, 1.807) is 6.08 Å². The van der Waals surface area contributed by atoms with E-state index in [0.29, 0.717) is 17.4 Å². The molecule has 1 amide bonds. The molecule has 502 valence electrons. The van der Waals surface area contributed by atoms with Crippen molar-refractivity contribution in [2.24, 2.45) is 0 Å². The van der Waals surface area contributed by atoms with Crippen LogP contribution in [-0.2, 0) is 18.4 Å². The third-order valence-electron chi connectivity index (χ3n) is 15.9. The van der Waals surface area contributed by atoms with E-state index < -0.39 is 20.0 Å². The van der Waals surface area contributed by atoms with Crippen molar-refractivity contribution < 1.29 is 32.9 Å². The van der Waals surface area contributed by atoms with E-state index in [0.717, 1.165) is 103 Å². The topological polar surface area (TPSA) is 105 Å². The summed E-state index contributed by atoms with van der Waals surface area (Å²) in [5.41, 5.74) is 0. The molecule has 0 rings (SSSR count). The Bertz CT molecular complexity index is 1840. The summed E-state index contributed by atoms with van der Waals surface area (Å²) in [4.78, 5) is 23.4. The van der Waals surface area contributed by atoms with Gasteiger partial charge in [0.1, 0.15) is 13.2 Å². The predicted octanol–water partition coefficient (Wildman–Crippen LogP) is 23.6. The van der Waals surface area contributed by atoms with E-state index >= 15 is 0 Å². The van der Waals surface area contributed by atoms with Gasteiger partial charge in [0, 0.05) is 6.42 Å². The highest BCUT2D eigenvalue weighted by atomic mass is 31.2. The Morgan fingerprint density at radius 3 is 1.06 bits per heavy atom. The molecular formula is C78H140N2O6P+. The minimum atomic E-state index is -4.37.